The van der Waals surface area contributed by atoms with Crippen LogP contribution in [0.5, 0.6) is 0 Å². The number of carbonyl (C=O) groups is 1. The molecule has 0 spiro atoms. The number of fused-ring (bicyclic) bond motifs is 1. The number of aryl methyl sites for hydroxylation is 2. The molecule has 1 aliphatic carbocycles. The van der Waals surface area contributed by atoms with Crippen LogP contribution in [-0.4, -0.2) is 5.78 Å². The summed E-state index contributed by atoms with van der Waals surface area (Å²) in [5.74, 6) is 1.15. The van der Waals surface area contributed by atoms with Crippen LogP contribution in [-0.2, 0) is 12.8 Å². The van der Waals surface area contributed by atoms with Gasteiger partial charge in [-0.2, -0.15) is 0 Å². The minimum Gasteiger partial charge on any atom is -0.294 e. The molecule has 0 fully saturated rings. The number of ketones is 1. The lowest BCUT2D eigenvalue weighted by atomic mass is 9.77. The lowest BCUT2D eigenvalue weighted by molar-refractivity contribution is 0.0864. The molecule has 2 heteroatoms. The predicted octanol–water partition coefficient (Wildman–Crippen LogP) is 4.02. The molecule has 0 amide bonds. The van der Waals surface area contributed by atoms with Crippen molar-refractivity contribution in [3.05, 3.63) is 20.9 Å². The first-order chi connectivity index (χ1) is 7.56. The molecule has 1 nitrogen and oxygen atoms in total. The third-order valence-corrected chi connectivity index (χ3v) is 4.99. The van der Waals surface area contributed by atoms with Crippen LogP contribution >= 0.6 is 11.3 Å². The van der Waals surface area contributed by atoms with Gasteiger partial charge >= 0.3 is 0 Å². The zero-order valence-corrected chi connectivity index (χ0v) is 11.4. The molecule has 2 rings (SSSR count). The van der Waals surface area contributed by atoms with Crippen molar-refractivity contribution in [3.8, 4) is 0 Å². The highest BCUT2D eigenvalue weighted by Gasteiger charge is 2.33. The molecule has 0 N–H and O–H groups in total. The van der Waals surface area contributed by atoms with Gasteiger partial charge in [0.1, 0.15) is 0 Å². The summed E-state index contributed by atoms with van der Waals surface area (Å²) < 4.78 is 0. The molecule has 1 aromatic rings. The summed E-state index contributed by atoms with van der Waals surface area (Å²) in [6.45, 7) is 8.64. The van der Waals surface area contributed by atoms with Gasteiger partial charge in [-0.05, 0) is 37.7 Å². The van der Waals surface area contributed by atoms with E-state index in [1.165, 1.54) is 15.3 Å². The molecule has 0 saturated heterocycles. The third-order valence-electron chi connectivity index (χ3n) is 3.70. The molecule has 1 unspecified atom stereocenters. The third kappa shape index (κ3) is 1.73. The fourth-order valence-electron chi connectivity index (χ4n) is 2.73. The summed E-state index contributed by atoms with van der Waals surface area (Å²) in [7, 11) is 0. The lowest BCUT2D eigenvalue weighted by Gasteiger charge is -2.25. The number of Topliss-reactive ketones (excluding diaryl/α,β-unsaturated/α-hetero) is 1. The maximum Gasteiger partial charge on any atom is 0.167 e. The zero-order valence-electron chi connectivity index (χ0n) is 10.6. The topological polar surface area (TPSA) is 17.1 Å². The predicted molar refractivity (Wildman–Crippen MR) is 69.4 cm³/mol. The normalized spacial score (nSPS) is 20.3. The molecule has 0 radical (unpaired) electrons. The van der Waals surface area contributed by atoms with Crippen LogP contribution < -0.4 is 0 Å². The Kier molecular flexibility index (Phi) is 3.20. The second-order valence-corrected chi connectivity index (χ2v) is 6.35. The van der Waals surface area contributed by atoms with Crippen LogP contribution in [0.3, 0.4) is 0 Å². The second kappa shape index (κ2) is 4.33. The quantitative estimate of drug-likeness (QED) is 0.758. The number of carbonyl (C=O) groups excluding carboxylic acids is 1. The first-order valence-electron chi connectivity index (χ1n) is 6.21. The van der Waals surface area contributed by atoms with Crippen molar-refractivity contribution < 1.29 is 4.79 Å². The van der Waals surface area contributed by atoms with E-state index in [9.17, 15) is 4.79 Å². The Morgan fingerprint density at radius 3 is 2.69 bits per heavy atom. The van der Waals surface area contributed by atoms with Crippen molar-refractivity contribution in [3.63, 3.8) is 0 Å². The molecule has 1 atom stereocenters. The average Bonchev–Trinajstić information content (AvgIpc) is 2.56. The molecule has 0 saturated carbocycles. The highest BCUT2D eigenvalue weighted by atomic mass is 32.1. The standard InChI is InChI=1S/C14H20OS/c1-5-12-13-11(9(4)16-12)7-6-10(8(2)3)14(13)15/h8,10H,5-7H2,1-4H3. The Labute approximate surface area is 102 Å². The summed E-state index contributed by atoms with van der Waals surface area (Å²) in [6.07, 6.45) is 3.15. The summed E-state index contributed by atoms with van der Waals surface area (Å²) in [6, 6.07) is 0. The van der Waals surface area contributed by atoms with Crippen LogP contribution in [0.2, 0.25) is 0 Å². The lowest BCUT2D eigenvalue weighted by Crippen LogP contribution is -2.26. The zero-order chi connectivity index (χ0) is 11.9. The largest absolute Gasteiger partial charge is 0.294 e. The van der Waals surface area contributed by atoms with Crippen molar-refractivity contribution in [1.29, 1.82) is 0 Å². The maximum absolute atomic E-state index is 12.5. The van der Waals surface area contributed by atoms with Gasteiger partial charge < -0.3 is 0 Å². The van der Waals surface area contributed by atoms with Crippen LogP contribution in [0.15, 0.2) is 0 Å². The van der Waals surface area contributed by atoms with Crippen molar-refractivity contribution >= 4 is 17.1 Å². The SMILES string of the molecule is CCc1sc(C)c2c1C(=O)C(C(C)C)CC2. The first-order valence-corrected chi connectivity index (χ1v) is 7.03. The first kappa shape index (κ1) is 11.8. The Morgan fingerprint density at radius 2 is 2.12 bits per heavy atom. The summed E-state index contributed by atoms with van der Waals surface area (Å²) in [5.41, 5.74) is 2.44. The number of thiophene rings is 1. The van der Waals surface area contributed by atoms with E-state index in [0.717, 1.165) is 24.8 Å². The van der Waals surface area contributed by atoms with E-state index in [-0.39, 0.29) is 5.92 Å². The summed E-state index contributed by atoms with van der Waals surface area (Å²) in [4.78, 5) is 15.1. The van der Waals surface area contributed by atoms with Gasteiger partial charge in [-0.15, -0.1) is 11.3 Å². The molecular formula is C14H20OS. The minimum atomic E-state index is 0.256. The molecule has 0 aromatic carbocycles. The van der Waals surface area contributed by atoms with Gasteiger partial charge in [0, 0.05) is 21.2 Å². The van der Waals surface area contributed by atoms with Crippen LogP contribution in [0, 0.1) is 18.8 Å². The van der Waals surface area contributed by atoms with Crippen molar-refractivity contribution in [2.24, 2.45) is 11.8 Å². The smallest absolute Gasteiger partial charge is 0.167 e. The van der Waals surface area contributed by atoms with Crippen molar-refractivity contribution in [2.45, 2.75) is 47.0 Å². The highest BCUT2D eigenvalue weighted by Crippen LogP contribution is 2.38. The summed E-state index contributed by atoms with van der Waals surface area (Å²) in [5, 5.41) is 0. The Bertz CT molecular complexity index is 415. The molecule has 1 aliphatic rings. The van der Waals surface area contributed by atoms with E-state index in [1.54, 1.807) is 0 Å². The fraction of sp³-hybridized carbons (Fsp3) is 0.643. The van der Waals surface area contributed by atoms with Crippen LogP contribution in [0.4, 0.5) is 0 Å². The fourth-order valence-corrected chi connectivity index (χ4v) is 3.90. The van der Waals surface area contributed by atoms with Gasteiger partial charge in [0.15, 0.2) is 5.78 Å². The van der Waals surface area contributed by atoms with E-state index >= 15 is 0 Å². The molecule has 88 valence electrons. The maximum atomic E-state index is 12.5. The van der Waals surface area contributed by atoms with Crippen molar-refractivity contribution in [1.82, 2.24) is 0 Å². The van der Waals surface area contributed by atoms with E-state index in [0.29, 0.717) is 11.7 Å². The Morgan fingerprint density at radius 1 is 1.44 bits per heavy atom. The van der Waals surface area contributed by atoms with E-state index in [1.807, 2.05) is 11.3 Å². The van der Waals surface area contributed by atoms with Gasteiger partial charge in [-0.3, -0.25) is 4.79 Å². The Balaban J connectivity index is 2.47. The summed E-state index contributed by atoms with van der Waals surface area (Å²) >= 11 is 1.83. The van der Waals surface area contributed by atoms with Gasteiger partial charge in [0.05, 0.1) is 0 Å². The number of rotatable bonds is 2. The highest BCUT2D eigenvalue weighted by molar-refractivity contribution is 7.12. The van der Waals surface area contributed by atoms with Crippen LogP contribution in [0.25, 0.3) is 0 Å². The Hall–Kier alpha value is -0.630. The number of hydrogen-bond acceptors (Lipinski definition) is 2. The molecule has 1 heterocycles. The molecule has 0 aliphatic heterocycles. The van der Waals surface area contributed by atoms with Crippen molar-refractivity contribution in [2.75, 3.05) is 0 Å². The monoisotopic (exact) mass is 236 g/mol. The minimum absolute atomic E-state index is 0.256. The van der Waals surface area contributed by atoms with Crippen LogP contribution in [0.1, 0.15) is 52.9 Å². The molecule has 1 aromatic heterocycles. The molecule has 16 heavy (non-hydrogen) atoms. The van der Waals surface area contributed by atoms with E-state index < -0.39 is 0 Å². The second-order valence-electron chi connectivity index (χ2n) is 5.04. The van der Waals surface area contributed by atoms with Gasteiger partial charge in [0.25, 0.3) is 0 Å². The van der Waals surface area contributed by atoms with E-state index in [2.05, 4.69) is 27.7 Å². The van der Waals surface area contributed by atoms with E-state index in [4.69, 9.17) is 0 Å². The molecule has 0 bridgehead atoms. The average molecular weight is 236 g/mol. The van der Waals surface area contributed by atoms with Gasteiger partial charge in [0.2, 0.25) is 0 Å². The molecular weight excluding hydrogens is 216 g/mol. The van der Waals surface area contributed by atoms with Gasteiger partial charge in [-0.1, -0.05) is 20.8 Å². The van der Waals surface area contributed by atoms with Gasteiger partial charge in [-0.25, -0.2) is 0 Å². The number of hydrogen-bond donors (Lipinski definition) is 0.